The number of amides is 1. The van der Waals surface area contributed by atoms with Crippen LogP contribution in [-0.2, 0) is 34.0 Å². The van der Waals surface area contributed by atoms with Crippen LogP contribution in [0.1, 0.15) is 29.5 Å². The number of alkyl halides is 3. The van der Waals surface area contributed by atoms with Crippen molar-refractivity contribution in [2.75, 3.05) is 25.0 Å². The van der Waals surface area contributed by atoms with E-state index in [0.717, 1.165) is 34.4 Å². The Balaban J connectivity index is 1.46. The number of rotatable bonds is 5. The third-order valence-corrected chi connectivity index (χ3v) is 7.85. The lowest BCUT2D eigenvalue weighted by atomic mass is 9.94. The molecule has 1 fully saturated rings. The van der Waals surface area contributed by atoms with E-state index in [2.05, 4.69) is 11.9 Å². The summed E-state index contributed by atoms with van der Waals surface area (Å²) in [6.07, 6.45) is -2.53. The standard InChI is InChI=1S/C24H26F3N3O3S/c1-2-34(32,33)30-13-4-6-18(16-30)23(31)29-14-12-21-17(15-29)5-3-7-22(21)28-20-10-8-19(9-11-20)24(25,26)27/h2-3,5,7-11,18,28H,1,4,6,12-16H2. The molecule has 2 aromatic carbocycles. The third-order valence-electron chi connectivity index (χ3n) is 6.37. The molecule has 0 bridgehead atoms. The number of anilines is 2. The van der Waals surface area contributed by atoms with Crippen LogP contribution in [0, 0.1) is 5.92 Å². The lowest BCUT2D eigenvalue weighted by Gasteiger charge is -2.36. The molecule has 0 aromatic heterocycles. The smallest absolute Gasteiger partial charge is 0.355 e. The number of nitrogens with zero attached hydrogens (tertiary/aromatic N) is 2. The van der Waals surface area contributed by atoms with Crippen molar-refractivity contribution in [3.8, 4) is 0 Å². The van der Waals surface area contributed by atoms with E-state index in [9.17, 15) is 26.4 Å². The molecule has 1 unspecified atom stereocenters. The number of nitrogens with one attached hydrogen (secondary N) is 1. The summed E-state index contributed by atoms with van der Waals surface area (Å²) < 4.78 is 64.0. The molecule has 0 spiro atoms. The molecule has 0 radical (unpaired) electrons. The van der Waals surface area contributed by atoms with Gasteiger partial charge in [-0.1, -0.05) is 18.7 Å². The third kappa shape index (κ3) is 5.12. The van der Waals surface area contributed by atoms with E-state index < -0.39 is 27.7 Å². The second-order valence-corrected chi connectivity index (χ2v) is 10.4. The van der Waals surface area contributed by atoms with Gasteiger partial charge < -0.3 is 10.2 Å². The molecule has 0 aliphatic carbocycles. The Bertz CT molecular complexity index is 1180. The van der Waals surface area contributed by atoms with Crippen LogP contribution in [-0.4, -0.2) is 43.2 Å². The van der Waals surface area contributed by atoms with Crippen LogP contribution in [0.3, 0.4) is 0 Å². The summed E-state index contributed by atoms with van der Waals surface area (Å²) in [7, 11) is -3.56. The predicted octanol–water partition coefficient (Wildman–Crippen LogP) is 4.52. The summed E-state index contributed by atoms with van der Waals surface area (Å²) in [6.45, 7) is 4.80. The predicted molar refractivity (Wildman–Crippen MR) is 124 cm³/mol. The summed E-state index contributed by atoms with van der Waals surface area (Å²) >= 11 is 0. The molecule has 10 heteroatoms. The van der Waals surface area contributed by atoms with Gasteiger partial charge in [-0.15, -0.1) is 0 Å². The molecule has 2 aromatic rings. The molecule has 4 rings (SSSR count). The van der Waals surface area contributed by atoms with Gasteiger partial charge in [0.15, 0.2) is 0 Å². The Kier molecular flexibility index (Phi) is 6.73. The lowest BCUT2D eigenvalue weighted by molar-refractivity contribution is -0.138. The topological polar surface area (TPSA) is 69.7 Å². The van der Waals surface area contributed by atoms with Crippen LogP contribution in [0.15, 0.2) is 54.5 Å². The van der Waals surface area contributed by atoms with Crippen molar-refractivity contribution in [2.45, 2.75) is 32.0 Å². The number of sulfonamides is 1. The monoisotopic (exact) mass is 493 g/mol. The minimum atomic E-state index is -4.38. The van der Waals surface area contributed by atoms with Crippen LogP contribution in [0.5, 0.6) is 0 Å². The fourth-order valence-corrected chi connectivity index (χ4v) is 5.53. The van der Waals surface area contributed by atoms with E-state index in [4.69, 9.17) is 0 Å². The molecule has 1 atom stereocenters. The quantitative estimate of drug-likeness (QED) is 0.665. The first-order valence-corrected chi connectivity index (χ1v) is 12.6. The molecular weight excluding hydrogens is 467 g/mol. The van der Waals surface area contributed by atoms with Crippen LogP contribution >= 0.6 is 0 Å². The van der Waals surface area contributed by atoms with Crippen molar-refractivity contribution >= 4 is 27.3 Å². The number of piperidine rings is 1. The second kappa shape index (κ2) is 9.42. The molecular formula is C24H26F3N3O3S. The van der Waals surface area contributed by atoms with Gasteiger partial charge in [0.2, 0.25) is 15.9 Å². The lowest BCUT2D eigenvalue weighted by Crippen LogP contribution is -2.47. The normalized spacial score (nSPS) is 19.4. The van der Waals surface area contributed by atoms with Crippen LogP contribution < -0.4 is 5.32 Å². The van der Waals surface area contributed by atoms with E-state index in [1.807, 2.05) is 18.2 Å². The van der Waals surface area contributed by atoms with E-state index in [-0.39, 0.29) is 12.5 Å². The number of hydrogen-bond donors (Lipinski definition) is 1. The Morgan fingerprint density at radius 3 is 2.53 bits per heavy atom. The summed E-state index contributed by atoms with van der Waals surface area (Å²) in [4.78, 5) is 14.9. The molecule has 1 N–H and O–H groups in total. The molecule has 2 heterocycles. The molecule has 1 saturated heterocycles. The zero-order valence-corrected chi connectivity index (χ0v) is 19.3. The number of halogens is 3. The first kappa shape index (κ1) is 24.3. The van der Waals surface area contributed by atoms with Crippen molar-refractivity contribution in [3.05, 3.63) is 71.1 Å². The van der Waals surface area contributed by atoms with Gasteiger partial charge in [0.1, 0.15) is 0 Å². The van der Waals surface area contributed by atoms with Gasteiger partial charge in [0, 0.05) is 43.0 Å². The summed E-state index contributed by atoms with van der Waals surface area (Å²) in [5.41, 5.74) is 2.62. The zero-order valence-electron chi connectivity index (χ0n) is 18.5. The SMILES string of the molecule is C=CS(=O)(=O)N1CCCC(C(=O)N2CCc3c(cccc3Nc3ccc(C(F)(F)F)cc3)C2)C1. The number of fused-ring (bicyclic) bond motifs is 1. The minimum Gasteiger partial charge on any atom is -0.355 e. The summed E-state index contributed by atoms with van der Waals surface area (Å²) in [5, 5.41) is 4.11. The van der Waals surface area contributed by atoms with Gasteiger partial charge in [-0.05, 0) is 60.7 Å². The molecule has 1 amide bonds. The molecule has 0 saturated carbocycles. The molecule has 34 heavy (non-hydrogen) atoms. The summed E-state index contributed by atoms with van der Waals surface area (Å²) in [6, 6.07) is 10.5. The van der Waals surface area contributed by atoms with Crippen LogP contribution in [0.4, 0.5) is 24.5 Å². The second-order valence-electron chi connectivity index (χ2n) is 8.56. The van der Waals surface area contributed by atoms with Crippen molar-refractivity contribution in [3.63, 3.8) is 0 Å². The highest BCUT2D eigenvalue weighted by Crippen LogP contribution is 2.33. The van der Waals surface area contributed by atoms with E-state index in [0.29, 0.717) is 44.6 Å². The van der Waals surface area contributed by atoms with Crippen molar-refractivity contribution in [1.29, 1.82) is 0 Å². The highest BCUT2D eigenvalue weighted by molar-refractivity contribution is 7.92. The average molecular weight is 494 g/mol. The van der Waals surface area contributed by atoms with Crippen molar-refractivity contribution < 1.29 is 26.4 Å². The van der Waals surface area contributed by atoms with Crippen molar-refractivity contribution in [2.24, 2.45) is 5.92 Å². The average Bonchev–Trinajstić information content (AvgIpc) is 2.83. The molecule has 2 aliphatic rings. The fraction of sp³-hybridized carbons (Fsp3) is 0.375. The Morgan fingerprint density at radius 1 is 1.12 bits per heavy atom. The zero-order chi connectivity index (χ0) is 24.5. The maximum absolute atomic E-state index is 13.2. The number of carbonyl (C=O) groups excluding carboxylic acids is 1. The number of hydrogen-bond acceptors (Lipinski definition) is 4. The highest BCUT2D eigenvalue weighted by atomic mass is 32.2. The molecule has 2 aliphatic heterocycles. The first-order chi connectivity index (χ1) is 16.1. The minimum absolute atomic E-state index is 0.0595. The highest BCUT2D eigenvalue weighted by Gasteiger charge is 2.34. The van der Waals surface area contributed by atoms with Gasteiger partial charge in [-0.25, -0.2) is 8.42 Å². The van der Waals surface area contributed by atoms with Gasteiger partial charge in [0.25, 0.3) is 0 Å². The van der Waals surface area contributed by atoms with E-state index in [1.165, 1.54) is 16.4 Å². The Hall–Kier alpha value is -2.85. The van der Waals surface area contributed by atoms with E-state index in [1.54, 1.807) is 4.90 Å². The van der Waals surface area contributed by atoms with Gasteiger partial charge in [0.05, 0.1) is 11.5 Å². The van der Waals surface area contributed by atoms with Gasteiger partial charge >= 0.3 is 6.18 Å². The number of carbonyl (C=O) groups is 1. The van der Waals surface area contributed by atoms with Crippen LogP contribution in [0.2, 0.25) is 0 Å². The van der Waals surface area contributed by atoms with Crippen molar-refractivity contribution in [1.82, 2.24) is 9.21 Å². The molecule has 182 valence electrons. The molecule has 6 nitrogen and oxygen atoms in total. The Labute approximate surface area is 197 Å². The van der Waals surface area contributed by atoms with E-state index >= 15 is 0 Å². The summed E-state index contributed by atoms with van der Waals surface area (Å²) in [5.74, 6) is -0.450. The maximum Gasteiger partial charge on any atom is 0.416 e. The first-order valence-electron chi connectivity index (χ1n) is 11.0. The number of benzene rings is 2. The van der Waals surface area contributed by atoms with Crippen LogP contribution in [0.25, 0.3) is 0 Å². The largest absolute Gasteiger partial charge is 0.416 e. The maximum atomic E-state index is 13.2. The van der Waals surface area contributed by atoms with Gasteiger partial charge in [-0.2, -0.15) is 17.5 Å². The van der Waals surface area contributed by atoms with Gasteiger partial charge in [-0.3, -0.25) is 4.79 Å². The Morgan fingerprint density at radius 2 is 1.85 bits per heavy atom. The fourth-order valence-electron chi connectivity index (χ4n) is 4.55.